The van der Waals surface area contributed by atoms with Crippen LogP contribution in [0.2, 0.25) is 0 Å². The van der Waals surface area contributed by atoms with Gasteiger partial charge in [0.2, 0.25) is 0 Å². The van der Waals surface area contributed by atoms with E-state index in [4.69, 9.17) is 0 Å². The van der Waals surface area contributed by atoms with E-state index in [9.17, 15) is 0 Å². The summed E-state index contributed by atoms with van der Waals surface area (Å²) < 4.78 is 0. The smallest absolute Gasteiger partial charge is 0.102 e. The Morgan fingerprint density at radius 3 is 0.889 bits per heavy atom. The Morgan fingerprint density at radius 2 is 0.556 bits per heavy atom. The first-order valence-corrected chi connectivity index (χ1v) is 22.2. The van der Waals surface area contributed by atoms with Gasteiger partial charge in [0.1, 0.15) is 31.8 Å². The summed E-state index contributed by atoms with van der Waals surface area (Å²) in [5, 5.41) is 13.6. The molecule has 0 aliphatic carbocycles. The van der Waals surface area contributed by atoms with Crippen LogP contribution in [0.25, 0.3) is 21.5 Å². The Hall–Kier alpha value is -4.86. The van der Waals surface area contributed by atoms with Gasteiger partial charge in [-0.05, 0) is 72.8 Å². The first-order valence-electron chi connectivity index (χ1n) is 17.8. The minimum absolute atomic E-state index is 0.877. The van der Waals surface area contributed by atoms with Gasteiger partial charge >= 0.3 is 24.8 Å². The van der Waals surface area contributed by atoms with Crippen LogP contribution < -0.4 is 31.8 Å². The maximum absolute atomic E-state index is 4.26. The molecular formula is C50H41ClNiP2+. The largest absolute Gasteiger partial charge is 0.143 e. The molecular weight excluding hydrogens is 757 g/mol. The van der Waals surface area contributed by atoms with Crippen molar-refractivity contribution >= 4 is 79.4 Å². The molecule has 0 unspecified atom stereocenters. The Balaban J connectivity index is 0.000000136. The third kappa shape index (κ3) is 10.4. The van der Waals surface area contributed by atoms with Gasteiger partial charge in [-0.3, -0.25) is 0 Å². The third-order valence-corrected chi connectivity index (χ3v) is 14.4. The van der Waals surface area contributed by atoms with Crippen LogP contribution in [0, 0.1) is 6.07 Å². The Bertz CT molecular complexity index is 2030. The molecule has 267 valence electrons. The molecule has 9 aromatic carbocycles. The van der Waals surface area contributed by atoms with Crippen LogP contribution in [-0.4, -0.2) is 0 Å². The minimum Gasteiger partial charge on any atom is -0.143 e. The second kappa shape index (κ2) is 21.1. The van der Waals surface area contributed by atoms with Crippen molar-refractivity contribution < 1.29 is 14.6 Å². The van der Waals surface area contributed by atoms with E-state index in [1.807, 2.05) is 6.07 Å². The Kier molecular flexibility index (Phi) is 15.2. The van der Waals surface area contributed by atoms with Crippen LogP contribution in [0.15, 0.2) is 237 Å². The van der Waals surface area contributed by atoms with E-state index in [1.165, 1.54) is 53.4 Å². The zero-order valence-electron chi connectivity index (χ0n) is 29.7. The van der Waals surface area contributed by atoms with E-state index in [0.717, 1.165) is 0 Å². The molecule has 0 aromatic heterocycles. The molecule has 0 spiro atoms. The molecule has 0 radical (unpaired) electrons. The van der Waals surface area contributed by atoms with Crippen LogP contribution in [0.4, 0.5) is 0 Å². The van der Waals surface area contributed by atoms with Crippen LogP contribution >= 0.6 is 26.0 Å². The SMILES string of the molecule is [Cl][Ni].[c-]1cc2ccccc2c2ccccc12.c1ccc([PH+](c2ccccc2)c2ccccc2)cc1.c1ccc([PH+](c2ccccc2)c2ccccc2)cc1. The average molecular weight is 798 g/mol. The summed E-state index contributed by atoms with van der Waals surface area (Å²) in [6, 6.07) is 87.1. The van der Waals surface area contributed by atoms with Gasteiger partial charge in [-0.2, -0.15) is 0 Å². The fourth-order valence-corrected chi connectivity index (χ4v) is 11.7. The Labute approximate surface area is 334 Å². The second-order valence-corrected chi connectivity index (χ2v) is 17.3. The fraction of sp³-hybridized carbons (Fsp3) is 0. The van der Waals surface area contributed by atoms with Gasteiger partial charge in [-0.1, -0.05) is 156 Å². The van der Waals surface area contributed by atoms with Gasteiger partial charge in [-0.25, -0.2) is 0 Å². The molecule has 0 atom stereocenters. The summed E-state index contributed by atoms with van der Waals surface area (Å²) >= 11 is 3.35. The number of rotatable bonds is 6. The fourth-order valence-electron chi connectivity index (χ4n) is 6.50. The molecule has 0 aliphatic rings. The van der Waals surface area contributed by atoms with Crippen molar-refractivity contribution in [3.05, 3.63) is 243 Å². The molecule has 9 aromatic rings. The average Bonchev–Trinajstić information content (AvgIpc) is 3.27. The van der Waals surface area contributed by atoms with E-state index in [2.05, 4.69) is 261 Å². The number of hydrogen-bond donors (Lipinski definition) is 0. The van der Waals surface area contributed by atoms with E-state index in [-0.39, 0.29) is 0 Å². The van der Waals surface area contributed by atoms with Crippen molar-refractivity contribution in [3.8, 4) is 0 Å². The zero-order valence-corrected chi connectivity index (χ0v) is 33.5. The predicted octanol–water partition coefficient (Wildman–Crippen LogP) is 10.8. The van der Waals surface area contributed by atoms with Gasteiger partial charge < -0.3 is 0 Å². The van der Waals surface area contributed by atoms with Gasteiger partial charge in [0.25, 0.3) is 0 Å². The molecule has 0 fully saturated rings. The molecule has 54 heavy (non-hydrogen) atoms. The normalized spacial score (nSPS) is 10.4. The second-order valence-electron chi connectivity index (χ2n) is 12.4. The molecule has 0 bridgehead atoms. The van der Waals surface area contributed by atoms with E-state index < -0.39 is 15.8 Å². The first-order chi connectivity index (χ1) is 26.8. The summed E-state index contributed by atoms with van der Waals surface area (Å²) in [6.45, 7) is 0. The number of fused-ring (bicyclic) bond motifs is 3. The van der Waals surface area contributed by atoms with E-state index in [1.54, 1.807) is 0 Å². The van der Waals surface area contributed by atoms with Crippen molar-refractivity contribution in [2.24, 2.45) is 0 Å². The van der Waals surface area contributed by atoms with Crippen molar-refractivity contribution in [2.75, 3.05) is 0 Å². The molecule has 0 amide bonds. The number of benzene rings is 9. The van der Waals surface area contributed by atoms with Crippen molar-refractivity contribution in [2.45, 2.75) is 0 Å². The molecule has 0 nitrogen and oxygen atoms in total. The Morgan fingerprint density at radius 1 is 0.296 bits per heavy atom. The molecule has 0 N–H and O–H groups in total. The molecule has 0 saturated carbocycles. The minimum atomic E-state index is -0.877. The monoisotopic (exact) mass is 796 g/mol. The molecule has 0 heterocycles. The van der Waals surface area contributed by atoms with Crippen LogP contribution in [0.3, 0.4) is 0 Å². The summed E-state index contributed by atoms with van der Waals surface area (Å²) in [7, 11) is 2.51. The van der Waals surface area contributed by atoms with Gasteiger partial charge in [-0.15, -0.1) is 35.0 Å². The zero-order chi connectivity index (χ0) is 37.2. The van der Waals surface area contributed by atoms with Crippen molar-refractivity contribution in [3.63, 3.8) is 0 Å². The van der Waals surface area contributed by atoms with Crippen molar-refractivity contribution in [1.29, 1.82) is 0 Å². The third-order valence-electron chi connectivity index (χ3n) is 8.94. The maximum Gasteiger partial charge on any atom is 0.102 e. The predicted molar refractivity (Wildman–Crippen MR) is 239 cm³/mol. The van der Waals surface area contributed by atoms with Crippen LogP contribution in [-0.2, 0) is 14.6 Å². The summed E-state index contributed by atoms with van der Waals surface area (Å²) in [4.78, 5) is 0. The molecule has 0 saturated heterocycles. The molecule has 4 heteroatoms. The van der Waals surface area contributed by atoms with Crippen LogP contribution in [0.1, 0.15) is 0 Å². The number of hydrogen-bond acceptors (Lipinski definition) is 0. The quantitative estimate of drug-likeness (QED) is 0.0680. The molecule has 0 aliphatic heterocycles. The standard InChI is InChI=1S/2C18H15P.C14H9.ClH.Ni/c2*1-4-10-16(11-5-1)19(17-12-6-2-7-13-17)18-14-8-3-9-15-18;1-3-7-13-11(5-1)9-10-12-6-2-4-8-14(12)13;;/h2*1-15H;1-9H;1H;/q;;-1;;+1/p+1. The van der Waals surface area contributed by atoms with E-state index in [0.29, 0.717) is 0 Å². The van der Waals surface area contributed by atoms with E-state index >= 15 is 0 Å². The van der Waals surface area contributed by atoms with Gasteiger partial charge in [0.05, 0.1) is 15.8 Å². The summed E-state index contributed by atoms with van der Waals surface area (Å²) in [6.07, 6.45) is 0. The summed E-state index contributed by atoms with van der Waals surface area (Å²) in [5.74, 6) is 0. The molecule has 9 rings (SSSR count). The van der Waals surface area contributed by atoms with Crippen molar-refractivity contribution in [1.82, 2.24) is 0 Å². The van der Waals surface area contributed by atoms with Gasteiger partial charge in [0.15, 0.2) is 0 Å². The topological polar surface area (TPSA) is 0 Å². The van der Waals surface area contributed by atoms with Crippen LogP contribution in [0.5, 0.6) is 0 Å². The summed E-state index contributed by atoms with van der Waals surface area (Å²) in [5.41, 5.74) is 0. The maximum atomic E-state index is 4.26. The first kappa shape index (κ1) is 38.9. The van der Waals surface area contributed by atoms with Gasteiger partial charge in [0, 0.05) is 0 Å². The number of halogens is 1.